The molecular weight excluding hydrogens is 425 g/mol. The van der Waals surface area contributed by atoms with E-state index in [1.807, 2.05) is 66.7 Å². The Hall–Kier alpha value is -1.72. The first-order chi connectivity index (χ1) is 8.93. The molecule has 0 bridgehead atoms. The molecule has 0 radical (unpaired) electrons. The zero-order valence-corrected chi connectivity index (χ0v) is 13.4. The maximum Gasteiger partial charge on any atom is 0 e. The molecule has 1 nitrogen and oxygen atoms in total. The van der Waals surface area contributed by atoms with E-state index in [-0.39, 0.29) is 28.5 Å². The van der Waals surface area contributed by atoms with E-state index in [1.165, 1.54) is 0 Å². The molecular formula is C18H14NPt-3. The second-order valence-corrected chi connectivity index (χ2v) is 3.96. The maximum atomic E-state index is 4.65. The van der Waals surface area contributed by atoms with Gasteiger partial charge in [-0.3, -0.25) is 0 Å². The zero-order valence-electron chi connectivity index (χ0n) is 11.1. The third-order valence-corrected chi connectivity index (χ3v) is 2.72. The van der Waals surface area contributed by atoms with Gasteiger partial charge in [-0.1, -0.05) is 18.2 Å². The van der Waals surface area contributed by atoms with Gasteiger partial charge in [-0.25, -0.2) is 0 Å². The number of aromatic nitrogens is 1. The largest absolute Gasteiger partial charge is 0.358 e. The van der Waals surface area contributed by atoms with Gasteiger partial charge >= 0.3 is 0 Å². The van der Waals surface area contributed by atoms with Crippen molar-refractivity contribution in [2.75, 3.05) is 0 Å². The molecule has 0 aliphatic heterocycles. The number of benzene rings is 2. The first-order valence-electron chi connectivity index (χ1n) is 5.85. The maximum absolute atomic E-state index is 4.65. The number of hydrogen-bond acceptors (Lipinski definition) is 1. The van der Waals surface area contributed by atoms with E-state index in [4.69, 9.17) is 0 Å². The van der Waals surface area contributed by atoms with Crippen molar-refractivity contribution in [3.05, 3.63) is 86.3 Å². The average molecular weight is 439 g/mol. The normalized spacial score (nSPS) is 9.20. The average Bonchev–Trinajstić information content (AvgIpc) is 2.49. The molecule has 104 valence electrons. The van der Waals surface area contributed by atoms with Crippen molar-refractivity contribution in [2.45, 2.75) is 0 Å². The van der Waals surface area contributed by atoms with Crippen LogP contribution in [0, 0.1) is 19.6 Å². The number of rotatable bonds is 2. The van der Waals surface area contributed by atoms with Crippen molar-refractivity contribution in [1.29, 1.82) is 0 Å². The van der Waals surface area contributed by atoms with Gasteiger partial charge in [0.2, 0.25) is 0 Å². The van der Waals surface area contributed by atoms with Crippen LogP contribution in [0.5, 0.6) is 0 Å². The Kier molecular flexibility index (Phi) is 6.34. The zero-order chi connectivity index (χ0) is 12.2. The summed E-state index contributed by atoms with van der Waals surface area (Å²) in [6, 6.07) is 28.1. The minimum atomic E-state index is 0. The van der Waals surface area contributed by atoms with Gasteiger partial charge in [0.05, 0.1) is 0 Å². The molecule has 0 saturated carbocycles. The van der Waals surface area contributed by atoms with E-state index in [9.17, 15) is 0 Å². The van der Waals surface area contributed by atoms with Crippen LogP contribution in [0.15, 0.2) is 66.7 Å². The summed E-state index contributed by atoms with van der Waals surface area (Å²) in [5.41, 5.74) is 3.89. The molecule has 0 N–H and O–H groups in total. The van der Waals surface area contributed by atoms with Crippen LogP contribution in [-0.2, 0) is 21.1 Å². The minimum absolute atomic E-state index is 0. The molecule has 0 spiro atoms. The SMILES string of the molecule is [CH3-].[Pt].[c-]1ccccc1-c1cccc(-c2[c-]cccc2)n1. The summed E-state index contributed by atoms with van der Waals surface area (Å²) in [4.78, 5) is 4.65. The van der Waals surface area contributed by atoms with Crippen LogP contribution >= 0.6 is 0 Å². The summed E-state index contributed by atoms with van der Waals surface area (Å²) in [7, 11) is 0. The molecule has 1 aromatic heterocycles. The standard InChI is InChI=1S/C17H11N.CH3.Pt/c1-3-8-14(9-4-1)16-12-7-13-17(18-16)15-10-5-2-6-11-15;;/h1-8,10,12-13H;1H3;/q-2;-1;. The van der Waals surface area contributed by atoms with Gasteiger partial charge < -0.3 is 12.4 Å². The van der Waals surface area contributed by atoms with Gasteiger partial charge in [-0.15, -0.1) is 71.8 Å². The van der Waals surface area contributed by atoms with Gasteiger partial charge in [0.1, 0.15) is 0 Å². The second-order valence-electron chi connectivity index (χ2n) is 3.96. The summed E-state index contributed by atoms with van der Waals surface area (Å²) in [6.07, 6.45) is 0. The van der Waals surface area contributed by atoms with E-state index in [1.54, 1.807) is 0 Å². The number of hydrogen-bond donors (Lipinski definition) is 0. The van der Waals surface area contributed by atoms with E-state index < -0.39 is 0 Å². The Balaban J connectivity index is 0.000001000. The van der Waals surface area contributed by atoms with Crippen molar-refractivity contribution in [3.63, 3.8) is 0 Å². The molecule has 3 rings (SSSR count). The molecule has 0 aliphatic rings. The molecule has 1 heterocycles. The van der Waals surface area contributed by atoms with E-state index in [0.717, 1.165) is 22.5 Å². The predicted molar refractivity (Wildman–Crippen MR) is 79.2 cm³/mol. The van der Waals surface area contributed by atoms with Gasteiger partial charge in [-0.2, -0.15) is 0 Å². The summed E-state index contributed by atoms with van der Waals surface area (Å²) < 4.78 is 0. The number of pyridine rings is 1. The molecule has 0 saturated heterocycles. The summed E-state index contributed by atoms with van der Waals surface area (Å²) in [5, 5.41) is 0. The van der Waals surface area contributed by atoms with Gasteiger partial charge in [0, 0.05) is 21.1 Å². The van der Waals surface area contributed by atoms with Crippen molar-refractivity contribution >= 4 is 0 Å². The van der Waals surface area contributed by atoms with Crippen LogP contribution in [-0.4, -0.2) is 4.98 Å². The molecule has 2 heteroatoms. The fraction of sp³-hybridized carbons (Fsp3) is 0. The second kappa shape index (κ2) is 7.77. The van der Waals surface area contributed by atoms with Gasteiger partial charge in [0.15, 0.2) is 0 Å². The fourth-order valence-corrected chi connectivity index (χ4v) is 1.84. The molecule has 2 aromatic carbocycles. The van der Waals surface area contributed by atoms with Crippen LogP contribution in [0.1, 0.15) is 0 Å². The monoisotopic (exact) mass is 439 g/mol. The van der Waals surface area contributed by atoms with E-state index in [2.05, 4.69) is 17.1 Å². The molecule has 20 heavy (non-hydrogen) atoms. The summed E-state index contributed by atoms with van der Waals surface area (Å²) >= 11 is 0. The van der Waals surface area contributed by atoms with Crippen molar-refractivity contribution < 1.29 is 21.1 Å². The quantitative estimate of drug-likeness (QED) is 0.538. The third-order valence-electron chi connectivity index (χ3n) is 2.72. The first kappa shape index (κ1) is 16.3. The summed E-state index contributed by atoms with van der Waals surface area (Å²) in [5.74, 6) is 0. The smallest absolute Gasteiger partial charge is 0 e. The van der Waals surface area contributed by atoms with Gasteiger partial charge in [0.25, 0.3) is 0 Å². The fourth-order valence-electron chi connectivity index (χ4n) is 1.84. The van der Waals surface area contributed by atoms with Crippen molar-refractivity contribution in [1.82, 2.24) is 4.98 Å². The molecule has 0 atom stereocenters. The topological polar surface area (TPSA) is 12.9 Å². The molecule has 0 amide bonds. The number of nitrogens with zero attached hydrogens (tertiary/aromatic N) is 1. The Morgan fingerprint density at radius 2 is 1.15 bits per heavy atom. The third kappa shape index (κ3) is 3.65. The van der Waals surface area contributed by atoms with Crippen LogP contribution in [0.2, 0.25) is 0 Å². The van der Waals surface area contributed by atoms with Gasteiger partial charge in [-0.05, 0) is 11.4 Å². The van der Waals surface area contributed by atoms with Crippen molar-refractivity contribution in [2.24, 2.45) is 0 Å². The Bertz CT molecular complexity index is 581. The minimum Gasteiger partial charge on any atom is -0.358 e. The Morgan fingerprint density at radius 1 is 0.650 bits per heavy atom. The van der Waals surface area contributed by atoms with E-state index in [0.29, 0.717) is 0 Å². The van der Waals surface area contributed by atoms with Crippen LogP contribution in [0.4, 0.5) is 0 Å². The van der Waals surface area contributed by atoms with E-state index >= 15 is 0 Å². The molecule has 3 aromatic rings. The predicted octanol–water partition coefficient (Wildman–Crippen LogP) is 4.46. The molecule has 0 aliphatic carbocycles. The van der Waals surface area contributed by atoms with Crippen LogP contribution < -0.4 is 0 Å². The van der Waals surface area contributed by atoms with Crippen LogP contribution in [0.3, 0.4) is 0 Å². The van der Waals surface area contributed by atoms with Crippen LogP contribution in [0.25, 0.3) is 22.5 Å². The molecule has 0 unspecified atom stereocenters. The Labute approximate surface area is 135 Å². The summed E-state index contributed by atoms with van der Waals surface area (Å²) in [6.45, 7) is 0. The molecule has 0 fully saturated rings. The first-order valence-corrected chi connectivity index (χ1v) is 5.85. The van der Waals surface area contributed by atoms with Crippen molar-refractivity contribution in [3.8, 4) is 22.5 Å². The Morgan fingerprint density at radius 3 is 1.55 bits per heavy atom.